The molecule has 152 valence electrons. The van der Waals surface area contributed by atoms with Crippen LogP contribution in [0.15, 0.2) is 24.3 Å². The molecule has 5 nitrogen and oxygen atoms in total. The molecule has 0 heterocycles. The van der Waals surface area contributed by atoms with E-state index in [1.54, 1.807) is 0 Å². The van der Waals surface area contributed by atoms with Crippen LogP contribution in [0.5, 0.6) is 5.75 Å². The zero-order valence-corrected chi connectivity index (χ0v) is 14.4. The van der Waals surface area contributed by atoms with Gasteiger partial charge in [0.2, 0.25) is 5.91 Å². The molecule has 0 bridgehead atoms. The van der Waals surface area contributed by atoms with Gasteiger partial charge in [0.1, 0.15) is 17.0 Å². The van der Waals surface area contributed by atoms with Crippen LogP contribution in [0.25, 0.3) is 0 Å². The first-order valence-electron chi connectivity index (χ1n) is 8.17. The Hall–Kier alpha value is -1.94. The van der Waals surface area contributed by atoms with Crippen LogP contribution in [-0.2, 0) is 9.53 Å². The van der Waals surface area contributed by atoms with Gasteiger partial charge in [-0.05, 0) is 37.5 Å². The number of amides is 1. The number of rotatable bonds is 10. The Morgan fingerprint density at radius 3 is 2.52 bits per heavy atom. The lowest BCUT2D eigenvalue weighted by atomic mass is 9.93. The number of halogens is 5. The summed E-state index contributed by atoms with van der Waals surface area (Å²) in [6.45, 7) is -5.68. The molecule has 27 heavy (non-hydrogen) atoms. The molecule has 1 aliphatic rings. The molecule has 0 spiro atoms. The third-order valence-electron chi connectivity index (χ3n) is 4.37. The van der Waals surface area contributed by atoms with E-state index in [0.717, 1.165) is 6.07 Å². The zero-order chi connectivity index (χ0) is 20.2. The van der Waals surface area contributed by atoms with E-state index in [1.807, 2.05) is 0 Å². The van der Waals surface area contributed by atoms with Crippen LogP contribution < -0.4 is 10.1 Å². The van der Waals surface area contributed by atoms with Crippen molar-refractivity contribution in [3.8, 4) is 5.75 Å². The van der Waals surface area contributed by atoms with Gasteiger partial charge in [0.25, 0.3) is 0 Å². The Kier molecular flexibility index (Phi) is 6.63. The van der Waals surface area contributed by atoms with Gasteiger partial charge in [0.15, 0.2) is 0 Å². The largest absolute Gasteiger partial charge is 0.435 e. The number of hydrogen-bond donors (Lipinski definition) is 2. The molecule has 0 saturated heterocycles. The second-order valence-electron chi connectivity index (χ2n) is 6.58. The molecular formula is C17H20F5NO4. The van der Waals surface area contributed by atoms with Crippen LogP contribution in [0.4, 0.5) is 22.0 Å². The topological polar surface area (TPSA) is 67.8 Å². The maximum atomic E-state index is 14.1. The molecule has 0 aromatic heterocycles. The van der Waals surface area contributed by atoms with E-state index in [2.05, 4.69) is 14.8 Å². The van der Waals surface area contributed by atoms with Gasteiger partial charge in [-0.25, -0.2) is 4.39 Å². The fraction of sp³-hybridized carbons (Fsp3) is 0.588. The third kappa shape index (κ3) is 6.03. The lowest BCUT2D eigenvalue weighted by Crippen LogP contribution is -2.44. The van der Waals surface area contributed by atoms with Crippen LogP contribution in [0.3, 0.4) is 0 Å². The minimum atomic E-state index is -3.12. The average molecular weight is 397 g/mol. The van der Waals surface area contributed by atoms with Gasteiger partial charge in [-0.2, -0.15) is 17.6 Å². The fourth-order valence-corrected chi connectivity index (χ4v) is 2.66. The molecule has 1 aromatic rings. The number of carbonyl (C=O) groups excluding carboxylic acids is 1. The van der Waals surface area contributed by atoms with Crippen LogP contribution >= 0.6 is 0 Å². The normalized spacial score (nSPS) is 18.9. The van der Waals surface area contributed by atoms with Crippen molar-refractivity contribution in [2.24, 2.45) is 0 Å². The lowest BCUT2D eigenvalue weighted by Gasteiger charge is -2.28. The molecule has 1 unspecified atom stereocenters. The molecule has 2 N–H and O–H groups in total. The van der Waals surface area contributed by atoms with Gasteiger partial charge in [-0.3, -0.25) is 4.79 Å². The van der Waals surface area contributed by atoms with Crippen molar-refractivity contribution in [2.75, 3.05) is 6.61 Å². The predicted molar refractivity (Wildman–Crippen MR) is 84.2 cm³/mol. The molecule has 1 saturated carbocycles. The Morgan fingerprint density at radius 1 is 1.30 bits per heavy atom. The van der Waals surface area contributed by atoms with E-state index in [-0.39, 0.29) is 24.2 Å². The average Bonchev–Trinajstić information content (AvgIpc) is 3.30. The van der Waals surface area contributed by atoms with E-state index in [4.69, 9.17) is 0 Å². The van der Waals surface area contributed by atoms with Gasteiger partial charge < -0.3 is 19.9 Å². The summed E-state index contributed by atoms with van der Waals surface area (Å²) < 4.78 is 72.0. The number of carbonyl (C=O) groups is 1. The van der Waals surface area contributed by atoms with Crippen molar-refractivity contribution in [3.63, 3.8) is 0 Å². The van der Waals surface area contributed by atoms with Gasteiger partial charge in [-0.1, -0.05) is 12.1 Å². The maximum Gasteiger partial charge on any atom is 0.387 e. The molecule has 1 fully saturated rings. The number of aliphatic hydroxyl groups is 1. The van der Waals surface area contributed by atoms with Gasteiger partial charge >= 0.3 is 13.2 Å². The third-order valence-corrected chi connectivity index (χ3v) is 4.37. The first kappa shape index (κ1) is 21.4. The highest BCUT2D eigenvalue weighted by Crippen LogP contribution is 2.50. The van der Waals surface area contributed by atoms with Gasteiger partial charge in [0, 0.05) is 0 Å². The Morgan fingerprint density at radius 2 is 1.96 bits per heavy atom. The number of alkyl halides is 5. The first-order valence-corrected chi connectivity index (χ1v) is 8.17. The van der Waals surface area contributed by atoms with E-state index in [0.29, 0.717) is 0 Å². The number of nitrogens with one attached hydrogen (secondary N) is 1. The summed E-state index contributed by atoms with van der Waals surface area (Å²) in [7, 11) is 0. The summed E-state index contributed by atoms with van der Waals surface area (Å²) >= 11 is 0. The Labute approximate surface area is 152 Å². The molecular weight excluding hydrogens is 377 g/mol. The second-order valence-corrected chi connectivity index (χ2v) is 6.58. The molecule has 0 aliphatic heterocycles. The molecule has 1 amide bonds. The van der Waals surface area contributed by atoms with Crippen molar-refractivity contribution in [1.82, 2.24) is 5.32 Å². The number of benzene rings is 1. The van der Waals surface area contributed by atoms with Crippen molar-refractivity contribution in [2.45, 2.75) is 56.7 Å². The Bertz CT molecular complexity index is 652. The summed E-state index contributed by atoms with van der Waals surface area (Å²) in [5.74, 6) is -1.03. The van der Waals surface area contributed by atoms with Gasteiger partial charge in [0.05, 0.1) is 19.1 Å². The summed E-state index contributed by atoms with van der Waals surface area (Å²) in [5.41, 5.74) is -3.60. The van der Waals surface area contributed by atoms with Crippen LogP contribution in [0.1, 0.15) is 37.8 Å². The lowest BCUT2D eigenvalue weighted by molar-refractivity contribution is -0.142. The standard InChI is InChI=1S/C17H20F5NO4/c1-16(25,17(22)5-6-17)8-13(24)23-12(9-26-14(18)19)10-3-2-4-11(7-10)27-15(20)21/h2-4,7,12,14-15,25H,5-6,8-9H2,1H3,(H,23,24)/t12-,16?/m0/s1. The van der Waals surface area contributed by atoms with Crippen molar-refractivity contribution in [1.29, 1.82) is 0 Å². The molecule has 1 aliphatic carbocycles. The quantitative estimate of drug-likeness (QED) is 0.595. The predicted octanol–water partition coefficient (Wildman–Crippen LogP) is 3.33. The monoisotopic (exact) mass is 397 g/mol. The summed E-state index contributed by atoms with van der Waals surface area (Å²) in [6.07, 6.45) is -0.349. The van der Waals surface area contributed by atoms with Gasteiger partial charge in [-0.15, -0.1) is 0 Å². The summed E-state index contributed by atoms with van der Waals surface area (Å²) in [5, 5.41) is 12.5. The minimum Gasteiger partial charge on any atom is -0.435 e. The first-order chi connectivity index (χ1) is 12.5. The van der Waals surface area contributed by atoms with Crippen molar-refractivity contribution in [3.05, 3.63) is 29.8 Å². The SMILES string of the molecule is CC(O)(CC(=O)N[C@@H](COC(F)F)c1cccc(OC(F)F)c1)C1(F)CC1. The van der Waals surface area contributed by atoms with Crippen molar-refractivity contribution < 1.29 is 41.3 Å². The number of hydrogen-bond acceptors (Lipinski definition) is 4. The smallest absolute Gasteiger partial charge is 0.387 e. The molecule has 2 rings (SSSR count). The highest BCUT2D eigenvalue weighted by molar-refractivity contribution is 5.78. The van der Waals surface area contributed by atoms with Crippen LogP contribution in [-0.4, -0.2) is 42.1 Å². The Balaban J connectivity index is 2.10. The van der Waals surface area contributed by atoms with Crippen LogP contribution in [0.2, 0.25) is 0 Å². The van der Waals surface area contributed by atoms with E-state index in [1.165, 1.54) is 25.1 Å². The van der Waals surface area contributed by atoms with E-state index >= 15 is 0 Å². The maximum absolute atomic E-state index is 14.1. The summed E-state index contributed by atoms with van der Waals surface area (Å²) in [6, 6.07) is 3.96. The van der Waals surface area contributed by atoms with E-state index < -0.39 is 49.5 Å². The minimum absolute atomic E-state index is 0.123. The van der Waals surface area contributed by atoms with Crippen molar-refractivity contribution >= 4 is 5.91 Å². The molecule has 1 aromatic carbocycles. The zero-order valence-electron chi connectivity index (χ0n) is 14.4. The fourth-order valence-electron chi connectivity index (χ4n) is 2.66. The molecule has 0 radical (unpaired) electrons. The highest BCUT2D eigenvalue weighted by Gasteiger charge is 2.58. The van der Waals surface area contributed by atoms with Crippen LogP contribution in [0, 0.1) is 0 Å². The second kappa shape index (κ2) is 8.39. The summed E-state index contributed by atoms with van der Waals surface area (Å²) in [4.78, 5) is 12.2. The number of ether oxygens (including phenoxy) is 2. The van der Waals surface area contributed by atoms with E-state index in [9.17, 15) is 31.9 Å². The highest BCUT2D eigenvalue weighted by atomic mass is 19.3. The molecule has 2 atom stereocenters. The molecule has 10 heteroatoms.